The molecule has 4 atom stereocenters. The Morgan fingerprint density at radius 1 is 1.14 bits per heavy atom. The summed E-state index contributed by atoms with van der Waals surface area (Å²) in [5.74, 6) is -3.36. The van der Waals surface area contributed by atoms with Gasteiger partial charge in [-0.1, -0.05) is 55.8 Å². The second-order valence-electron chi connectivity index (χ2n) is 7.88. The van der Waals surface area contributed by atoms with Gasteiger partial charge >= 0.3 is 5.97 Å². The Hall–Kier alpha value is -2.73. The number of carboxylic acids is 1. The molecule has 2 amide bonds. The molecule has 0 radical (unpaired) electrons. The molecular weight excluding hydrogens is 356 g/mol. The van der Waals surface area contributed by atoms with Gasteiger partial charge in [0.15, 0.2) is 0 Å². The number of nitrogens with one attached hydrogen (secondary N) is 1. The minimum absolute atomic E-state index is 0.265. The first kappa shape index (κ1) is 18.6. The number of likely N-dealkylation sites (tertiary alicyclic amines) is 1. The number of rotatable bonds is 5. The lowest BCUT2D eigenvalue weighted by Crippen LogP contribution is -2.53. The van der Waals surface area contributed by atoms with Crippen molar-refractivity contribution in [1.29, 1.82) is 0 Å². The summed E-state index contributed by atoms with van der Waals surface area (Å²) in [5.41, 5.74) is -0.628. The van der Waals surface area contributed by atoms with E-state index in [0.29, 0.717) is 13.0 Å². The van der Waals surface area contributed by atoms with Crippen LogP contribution in [0.25, 0.3) is 10.8 Å². The minimum Gasteiger partial charge on any atom is -0.480 e. The van der Waals surface area contributed by atoms with Gasteiger partial charge in [-0.25, -0.2) is 0 Å². The summed E-state index contributed by atoms with van der Waals surface area (Å²) in [4.78, 5) is 39.7. The Balaban J connectivity index is 1.84. The van der Waals surface area contributed by atoms with Gasteiger partial charge in [0.2, 0.25) is 11.8 Å². The molecule has 4 rings (SSSR count). The van der Waals surface area contributed by atoms with E-state index in [0.717, 1.165) is 22.8 Å². The molecular formula is C22H24N2O4. The highest BCUT2D eigenvalue weighted by Crippen LogP contribution is 2.49. The van der Waals surface area contributed by atoms with Gasteiger partial charge in [-0.05, 0) is 29.7 Å². The number of benzene rings is 2. The Labute approximate surface area is 163 Å². The van der Waals surface area contributed by atoms with E-state index in [1.807, 2.05) is 49.4 Å². The molecule has 2 aromatic rings. The second kappa shape index (κ2) is 6.71. The summed E-state index contributed by atoms with van der Waals surface area (Å²) in [6.07, 6.45) is 1.57. The molecule has 2 fully saturated rings. The maximum Gasteiger partial charge on any atom is 0.324 e. The zero-order chi connectivity index (χ0) is 20.1. The Morgan fingerprint density at radius 3 is 2.57 bits per heavy atom. The van der Waals surface area contributed by atoms with Crippen LogP contribution in [0.3, 0.4) is 0 Å². The lowest BCUT2D eigenvalue weighted by molar-refractivity contribution is -0.150. The Kier molecular flexibility index (Phi) is 4.46. The monoisotopic (exact) mass is 380 g/mol. The standard InChI is InChI=1S/C22H24N2O4/c1-3-4-12-24-19(25)16-17(20(24)26)22(2,21(27)28)23-18(16)15-11-7-9-13-8-5-6-10-14(13)15/h5-11,16-18,23H,3-4,12H2,1-2H3,(H,27,28). The van der Waals surface area contributed by atoms with Crippen LogP contribution in [-0.4, -0.2) is 39.9 Å². The molecule has 4 unspecified atom stereocenters. The van der Waals surface area contributed by atoms with Crippen molar-refractivity contribution in [2.45, 2.75) is 38.3 Å². The highest BCUT2D eigenvalue weighted by molar-refractivity contribution is 6.09. The number of hydrogen-bond acceptors (Lipinski definition) is 4. The SMILES string of the molecule is CCCCN1C(=O)C2C(c3cccc4ccccc34)NC(C)(C(=O)O)C2C1=O. The van der Waals surface area contributed by atoms with Crippen molar-refractivity contribution in [1.82, 2.24) is 10.2 Å². The van der Waals surface area contributed by atoms with Crippen LogP contribution in [-0.2, 0) is 14.4 Å². The van der Waals surface area contributed by atoms with Crippen molar-refractivity contribution in [3.63, 3.8) is 0 Å². The van der Waals surface area contributed by atoms with Gasteiger partial charge in [-0.2, -0.15) is 0 Å². The number of imide groups is 1. The summed E-state index contributed by atoms with van der Waals surface area (Å²) in [7, 11) is 0. The van der Waals surface area contributed by atoms with E-state index in [9.17, 15) is 19.5 Å². The minimum atomic E-state index is -1.49. The van der Waals surface area contributed by atoms with Gasteiger partial charge in [0.25, 0.3) is 0 Å². The van der Waals surface area contributed by atoms with Gasteiger partial charge < -0.3 is 5.11 Å². The lowest BCUT2D eigenvalue weighted by Gasteiger charge is -2.27. The fraction of sp³-hybridized carbons (Fsp3) is 0.409. The van der Waals surface area contributed by atoms with E-state index in [2.05, 4.69) is 5.32 Å². The van der Waals surface area contributed by atoms with E-state index in [-0.39, 0.29) is 11.8 Å². The first-order valence-corrected chi connectivity index (χ1v) is 9.74. The third-order valence-electron chi connectivity index (χ3n) is 6.22. The quantitative estimate of drug-likeness (QED) is 0.779. The van der Waals surface area contributed by atoms with Crippen molar-refractivity contribution < 1.29 is 19.5 Å². The number of nitrogens with zero attached hydrogens (tertiary/aromatic N) is 1. The molecule has 2 aliphatic rings. The Bertz CT molecular complexity index is 967. The smallest absolute Gasteiger partial charge is 0.324 e. The number of aliphatic carboxylic acids is 1. The molecule has 0 bridgehead atoms. The molecule has 6 heteroatoms. The first-order valence-electron chi connectivity index (χ1n) is 9.74. The average Bonchev–Trinajstić information content (AvgIpc) is 3.14. The van der Waals surface area contributed by atoms with Gasteiger partial charge in [-0.15, -0.1) is 0 Å². The summed E-state index contributed by atoms with van der Waals surface area (Å²) in [6.45, 7) is 3.86. The van der Waals surface area contributed by atoms with Crippen LogP contribution in [0.15, 0.2) is 42.5 Å². The van der Waals surface area contributed by atoms with Crippen molar-refractivity contribution >= 4 is 28.6 Å². The predicted molar refractivity (Wildman–Crippen MR) is 104 cm³/mol. The van der Waals surface area contributed by atoms with E-state index >= 15 is 0 Å². The highest BCUT2D eigenvalue weighted by atomic mass is 16.4. The molecule has 6 nitrogen and oxygen atoms in total. The molecule has 0 aliphatic carbocycles. The van der Waals surface area contributed by atoms with Gasteiger partial charge in [0.05, 0.1) is 11.8 Å². The van der Waals surface area contributed by atoms with E-state index < -0.39 is 29.4 Å². The third kappa shape index (κ3) is 2.55. The molecule has 28 heavy (non-hydrogen) atoms. The average molecular weight is 380 g/mol. The maximum absolute atomic E-state index is 13.2. The van der Waals surface area contributed by atoms with Crippen LogP contribution in [0.1, 0.15) is 38.3 Å². The normalized spacial score (nSPS) is 29.5. The third-order valence-corrected chi connectivity index (χ3v) is 6.22. The number of carbonyl (C=O) groups is 3. The molecule has 2 heterocycles. The van der Waals surface area contributed by atoms with Gasteiger partial charge in [-0.3, -0.25) is 24.6 Å². The van der Waals surface area contributed by atoms with Crippen LogP contribution >= 0.6 is 0 Å². The van der Waals surface area contributed by atoms with Crippen LogP contribution < -0.4 is 5.32 Å². The summed E-state index contributed by atoms with van der Waals surface area (Å²) >= 11 is 0. The van der Waals surface area contributed by atoms with Gasteiger partial charge in [0, 0.05) is 12.6 Å². The molecule has 0 spiro atoms. The zero-order valence-electron chi connectivity index (χ0n) is 16.0. The van der Waals surface area contributed by atoms with Crippen molar-refractivity contribution in [2.24, 2.45) is 11.8 Å². The van der Waals surface area contributed by atoms with Crippen LogP contribution in [0, 0.1) is 11.8 Å². The molecule has 2 aliphatic heterocycles. The zero-order valence-corrected chi connectivity index (χ0v) is 16.0. The summed E-state index contributed by atoms with van der Waals surface area (Å²) < 4.78 is 0. The predicted octanol–water partition coefficient (Wildman–Crippen LogP) is 2.73. The topological polar surface area (TPSA) is 86.7 Å². The number of carbonyl (C=O) groups excluding carboxylic acids is 2. The number of unbranched alkanes of at least 4 members (excludes halogenated alkanes) is 1. The maximum atomic E-state index is 13.2. The molecule has 2 saturated heterocycles. The highest BCUT2D eigenvalue weighted by Gasteiger charge is 2.66. The number of carboxylic acid groups (broad SMARTS) is 1. The largest absolute Gasteiger partial charge is 0.480 e. The van der Waals surface area contributed by atoms with Crippen LogP contribution in [0.5, 0.6) is 0 Å². The number of amides is 2. The van der Waals surface area contributed by atoms with E-state index in [1.165, 1.54) is 11.8 Å². The van der Waals surface area contributed by atoms with E-state index in [4.69, 9.17) is 0 Å². The van der Waals surface area contributed by atoms with E-state index in [1.54, 1.807) is 0 Å². The van der Waals surface area contributed by atoms with Crippen molar-refractivity contribution in [2.75, 3.05) is 6.54 Å². The van der Waals surface area contributed by atoms with Gasteiger partial charge in [0.1, 0.15) is 5.54 Å². The molecule has 0 aromatic heterocycles. The fourth-order valence-corrected chi connectivity index (χ4v) is 4.72. The number of fused-ring (bicyclic) bond motifs is 2. The molecule has 2 aromatic carbocycles. The van der Waals surface area contributed by atoms with Crippen molar-refractivity contribution in [3.05, 3.63) is 48.0 Å². The molecule has 2 N–H and O–H groups in total. The summed E-state index contributed by atoms with van der Waals surface area (Å²) in [6, 6.07) is 13.1. The van der Waals surface area contributed by atoms with Crippen molar-refractivity contribution in [3.8, 4) is 0 Å². The number of hydrogen-bond donors (Lipinski definition) is 2. The lowest BCUT2D eigenvalue weighted by atomic mass is 9.80. The summed E-state index contributed by atoms with van der Waals surface area (Å²) in [5, 5.41) is 15.0. The molecule has 0 saturated carbocycles. The Morgan fingerprint density at radius 2 is 1.86 bits per heavy atom. The fourth-order valence-electron chi connectivity index (χ4n) is 4.72. The molecule has 146 valence electrons. The first-order chi connectivity index (χ1) is 13.4. The van der Waals surface area contributed by atoms with Crippen LogP contribution in [0.2, 0.25) is 0 Å². The second-order valence-corrected chi connectivity index (χ2v) is 7.88. The van der Waals surface area contributed by atoms with Crippen LogP contribution in [0.4, 0.5) is 0 Å².